The third-order valence-electron chi connectivity index (χ3n) is 1.87. The predicted molar refractivity (Wildman–Crippen MR) is 58.6 cm³/mol. The summed E-state index contributed by atoms with van der Waals surface area (Å²) in [6, 6.07) is 5.64. The fraction of sp³-hybridized carbons (Fsp3) is 0.273. The van der Waals surface area contributed by atoms with E-state index in [1.807, 2.05) is 32.0 Å². The van der Waals surface area contributed by atoms with Crippen molar-refractivity contribution in [2.45, 2.75) is 19.4 Å². The lowest BCUT2D eigenvalue weighted by atomic mass is 10.1. The van der Waals surface area contributed by atoms with Crippen LogP contribution in [0.25, 0.3) is 6.08 Å². The van der Waals surface area contributed by atoms with Crippen LogP contribution in [0.3, 0.4) is 0 Å². The predicted octanol–water partition coefficient (Wildman–Crippen LogP) is 4.53. The van der Waals surface area contributed by atoms with Gasteiger partial charge in [-0.1, -0.05) is 23.8 Å². The van der Waals surface area contributed by atoms with Crippen molar-refractivity contribution in [3.8, 4) is 0 Å². The van der Waals surface area contributed by atoms with Crippen molar-refractivity contribution in [1.29, 1.82) is 0 Å². The first kappa shape index (κ1) is 12.2. The molecule has 0 unspecified atom stereocenters. The molecule has 0 aliphatic rings. The minimum absolute atomic E-state index is 0.139. The molecule has 0 aliphatic carbocycles. The van der Waals surface area contributed by atoms with Crippen LogP contribution in [0.2, 0.25) is 0 Å². The van der Waals surface area contributed by atoms with Crippen LogP contribution in [0.15, 0.2) is 23.6 Å². The molecule has 0 atom stereocenters. The second kappa shape index (κ2) is 4.75. The van der Waals surface area contributed by atoms with Crippen LogP contribution in [0, 0.1) is 13.8 Å². The first-order valence-corrected chi connectivity index (χ1v) is 5.25. The van der Waals surface area contributed by atoms with Gasteiger partial charge in [0.15, 0.2) is 0 Å². The van der Waals surface area contributed by atoms with E-state index in [1.165, 1.54) is 6.08 Å². The van der Waals surface area contributed by atoms with Gasteiger partial charge in [-0.3, -0.25) is 0 Å². The number of aryl methyl sites for hydroxylation is 2. The minimum Gasteiger partial charge on any atom is -0.160 e. The van der Waals surface area contributed by atoms with E-state index >= 15 is 0 Å². The summed E-state index contributed by atoms with van der Waals surface area (Å²) in [4.78, 5) is 0. The summed E-state index contributed by atoms with van der Waals surface area (Å²) < 4.78 is 35.5. The van der Waals surface area contributed by atoms with Crippen LogP contribution < -0.4 is 0 Å². The van der Waals surface area contributed by atoms with Gasteiger partial charge in [0, 0.05) is 0 Å². The third-order valence-corrected chi connectivity index (χ3v) is 2.41. The van der Waals surface area contributed by atoms with Gasteiger partial charge < -0.3 is 0 Å². The fourth-order valence-electron chi connectivity index (χ4n) is 1.20. The van der Waals surface area contributed by atoms with E-state index in [0.717, 1.165) is 22.1 Å². The molecule has 4 heteroatoms. The highest BCUT2D eigenvalue weighted by atomic mass is 32.2. The molecule has 0 saturated carbocycles. The first-order chi connectivity index (χ1) is 6.88. The second-order valence-electron chi connectivity index (χ2n) is 3.23. The summed E-state index contributed by atoms with van der Waals surface area (Å²) in [6.45, 7) is 3.83. The van der Waals surface area contributed by atoms with Gasteiger partial charge in [0.2, 0.25) is 0 Å². The number of rotatable bonds is 2. The summed E-state index contributed by atoms with van der Waals surface area (Å²) in [5.74, 6) is 0. The van der Waals surface area contributed by atoms with E-state index < -0.39 is 5.51 Å². The van der Waals surface area contributed by atoms with E-state index in [-0.39, 0.29) is 11.8 Å². The molecule has 0 heterocycles. The highest BCUT2D eigenvalue weighted by molar-refractivity contribution is 8.03. The summed E-state index contributed by atoms with van der Waals surface area (Å²) in [5.41, 5.74) is -1.30. The van der Waals surface area contributed by atoms with Crippen LogP contribution in [-0.4, -0.2) is 5.51 Å². The van der Waals surface area contributed by atoms with Gasteiger partial charge in [-0.25, -0.2) is 0 Å². The smallest absolute Gasteiger partial charge is 0.160 e. The Morgan fingerprint density at radius 1 is 1.20 bits per heavy atom. The van der Waals surface area contributed by atoms with E-state index in [4.69, 9.17) is 0 Å². The molecule has 15 heavy (non-hydrogen) atoms. The molecule has 0 saturated heterocycles. The average Bonchev–Trinajstić information content (AvgIpc) is 2.07. The molecule has 0 nitrogen and oxygen atoms in total. The Balaban J connectivity index is 2.73. The van der Waals surface area contributed by atoms with Crippen molar-refractivity contribution in [3.63, 3.8) is 0 Å². The van der Waals surface area contributed by atoms with Crippen LogP contribution >= 0.6 is 11.8 Å². The normalized spacial score (nSPS) is 12.3. The van der Waals surface area contributed by atoms with Crippen LogP contribution in [0.5, 0.6) is 0 Å². The Labute approximate surface area is 91.2 Å². The van der Waals surface area contributed by atoms with Crippen LogP contribution in [0.4, 0.5) is 13.2 Å². The fourth-order valence-corrected chi connectivity index (χ4v) is 1.57. The Morgan fingerprint density at radius 3 is 2.40 bits per heavy atom. The molecule has 0 aromatic heterocycles. The maximum absolute atomic E-state index is 11.8. The second-order valence-corrected chi connectivity index (χ2v) is 4.20. The molecule has 82 valence electrons. The zero-order chi connectivity index (χ0) is 11.5. The van der Waals surface area contributed by atoms with Gasteiger partial charge in [0.05, 0.1) is 0 Å². The van der Waals surface area contributed by atoms with Crippen LogP contribution in [0.1, 0.15) is 16.7 Å². The molecule has 1 aromatic rings. The topological polar surface area (TPSA) is 0 Å². The van der Waals surface area contributed by atoms with Crippen molar-refractivity contribution in [2.75, 3.05) is 0 Å². The molecular weight excluding hydrogens is 221 g/mol. The largest absolute Gasteiger partial charge is 0.445 e. The summed E-state index contributed by atoms with van der Waals surface area (Å²) in [6.07, 6.45) is 1.48. The Bertz CT molecular complexity index is 367. The number of thioether (sulfide) groups is 1. The molecule has 0 spiro atoms. The Kier molecular flexibility index (Phi) is 3.85. The number of hydrogen-bond donors (Lipinski definition) is 0. The molecule has 0 bridgehead atoms. The van der Waals surface area contributed by atoms with E-state index in [9.17, 15) is 13.2 Å². The maximum Gasteiger partial charge on any atom is 0.445 e. The van der Waals surface area contributed by atoms with Gasteiger partial charge in [-0.15, -0.1) is 0 Å². The Hall–Kier alpha value is -0.900. The molecule has 1 aromatic carbocycles. The Morgan fingerprint density at radius 2 is 1.87 bits per heavy atom. The molecule has 0 amide bonds. The number of alkyl halides is 3. The molecule has 0 radical (unpaired) electrons. The highest BCUT2D eigenvalue weighted by Crippen LogP contribution is 2.31. The zero-order valence-corrected chi connectivity index (χ0v) is 9.25. The minimum atomic E-state index is -4.20. The maximum atomic E-state index is 11.8. The van der Waals surface area contributed by atoms with Crippen LogP contribution in [-0.2, 0) is 0 Å². The van der Waals surface area contributed by atoms with Gasteiger partial charge in [-0.05, 0) is 48.2 Å². The summed E-state index contributed by atoms with van der Waals surface area (Å²) in [5, 5.41) is 1.07. The summed E-state index contributed by atoms with van der Waals surface area (Å²) in [7, 11) is 0. The molecule has 0 aliphatic heterocycles. The van der Waals surface area contributed by atoms with E-state index in [1.54, 1.807) is 0 Å². The van der Waals surface area contributed by atoms with Crippen molar-refractivity contribution < 1.29 is 13.2 Å². The zero-order valence-electron chi connectivity index (χ0n) is 8.43. The molecule has 1 rings (SSSR count). The lowest BCUT2D eigenvalue weighted by Crippen LogP contribution is -1.96. The summed E-state index contributed by atoms with van der Waals surface area (Å²) >= 11 is -0.139. The first-order valence-electron chi connectivity index (χ1n) is 4.37. The monoisotopic (exact) mass is 232 g/mol. The molecule has 0 N–H and O–H groups in total. The number of benzene rings is 1. The van der Waals surface area contributed by atoms with Crippen molar-refractivity contribution in [2.24, 2.45) is 0 Å². The number of halogens is 3. The lowest BCUT2D eigenvalue weighted by molar-refractivity contribution is -0.0319. The van der Waals surface area contributed by atoms with Gasteiger partial charge in [0.1, 0.15) is 0 Å². The highest BCUT2D eigenvalue weighted by Gasteiger charge is 2.26. The molecular formula is C11H11F3S. The van der Waals surface area contributed by atoms with Crippen molar-refractivity contribution in [3.05, 3.63) is 40.3 Å². The third kappa shape index (κ3) is 4.42. The van der Waals surface area contributed by atoms with Gasteiger partial charge in [-0.2, -0.15) is 13.2 Å². The SMILES string of the molecule is Cc1ccc(C=CSC(F)(F)F)c(C)c1. The lowest BCUT2D eigenvalue weighted by Gasteiger charge is -2.02. The van der Waals surface area contributed by atoms with Gasteiger partial charge in [0.25, 0.3) is 0 Å². The van der Waals surface area contributed by atoms with Gasteiger partial charge >= 0.3 is 5.51 Å². The molecule has 0 fully saturated rings. The quantitative estimate of drug-likeness (QED) is 0.722. The van der Waals surface area contributed by atoms with Crippen molar-refractivity contribution >= 4 is 17.8 Å². The standard InChI is InChI=1S/C11H11F3S/c1-8-3-4-10(9(2)7-8)5-6-15-11(12,13)14/h3-7H,1-2H3. The average molecular weight is 232 g/mol. The van der Waals surface area contributed by atoms with Crippen molar-refractivity contribution in [1.82, 2.24) is 0 Å². The van der Waals surface area contributed by atoms with E-state index in [2.05, 4.69) is 0 Å². The number of hydrogen-bond acceptors (Lipinski definition) is 1. The van der Waals surface area contributed by atoms with E-state index in [0.29, 0.717) is 0 Å².